The largest absolute Gasteiger partial charge is 0.480 e. The number of benzene rings is 2. The minimum atomic E-state index is -1.22. The predicted octanol–water partition coefficient (Wildman–Crippen LogP) is 3.69. The fourth-order valence-electron chi connectivity index (χ4n) is 4.99. The normalized spacial score (nSPS) is 21.0. The summed E-state index contributed by atoms with van der Waals surface area (Å²) < 4.78 is 10.8. The van der Waals surface area contributed by atoms with Crippen molar-refractivity contribution in [1.29, 1.82) is 0 Å². The molecule has 0 aromatic heterocycles. The Bertz CT molecular complexity index is 1030. The molecule has 0 saturated heterocycles. The summed E-state index contributed by atoms with van der Waals surface area (Å²) in [6, 6.07) is 16.2. The summed E-state index contributed by atoms with van der Waals surface area (Å²) in [5.74, 6) is -1.03. The number of fused-ring (bicyclic) bond motifs is 3. The number of amides is 2. The topological polar surface area (TPSA) is 114 Å². The minimum Gasteiger partial charge on any atom is -0.480 e. The van der Waals surface area contributed by atoms with Crippen molar-refractivity contribution < 1.29 is 29.0 Å². The van der Waals surface area contributed by atoms with Crippen LogP contribution in [0.15, 0.2) is 48.5 Å². The van der Waals surface area contributed by atoms with Crippen molar-refractivity contribution in [3.63, 3.8) is 0 Å². The summed E-state index contributed by atoms with van der Waals surface area (Å²) in [4.78, 5) is 36.2. The van der Waals surface area contributed by atoms with Gasteiger partial charge in [-0.2, -0.15) is 0 Å². The second kappa shape index (κ2) is 10.9. The number of carboxylic acid groups (broad SMARTS) is 1. The lowest BCUT2D eigenvalue weighted by molar-refractivity contribution is -0.150. The van der Waals surface area contributed by atoms with Gasteiger partial charge in [-0.05, 0) is 53.9 Å². The molecule has 0 radical (unpaired) electrons. The highest BCUT2D eigenvalue weighted by atomic mass is 16.5. The Hall–Kier alpha value is -3.39. The van der Waals surface area contributed by atoms with E-state index in [-0.39, 0.29) is 32.3 Å². The van der Waals surface area contributed by atoms with E-state index in [0.29, 0.717) is 18.8 Å². The quantitative estimate of drug-likeness (QED) is 0.472. The third-order valence-electron chi connectivity index (χ3n) is 7.01. The zero-order valence-electron chi connectivity index (χ0n) is 19.9. The van der Waals surface area contributed by atoms with E-state index in [9.17, 15) is 19.5 Å². The molecule has 3 N–H and O–H groups in total. The summed E-state index contributed by atoms with van der Waals surface area (Å²) in [5.41, 5.74) is 3.39. The molecule has 0 unspecified atom stereocenters. The van der Waals surface area contributed by atoms with Gasteiger partial charge in [-0.15, -0.1) is 0 Å². The third kappa shape index (κ3) is 5.65. The lowest BCUT2D eigenvalue weighted by Crippen LogP contribution is -2.57. The Kier molecular flexibility index (Phi) is 7.70. The molecule has 0 aliphatic heterocycles. The Morgan fingerprint density at radius 1 is 1.00 bits per heavy atom. The SMILES string of the molecule is CC1CCC(NC(=O)COCCNC(=O)OCC2c3ccccc3-c3ccccc32)(C(=O)O)CC1. The number of carbonyl (C=O) groups is 3. The summed E-state index contributed by atoms with van der Waals surface area (Å²) >= 11 is 0. The molecule has 1 saturated carbocycles. The van der Waals surface area contributed by atoms with Crippen LogP contribution >= 0.6 is 0 Å². The van der Waals surface area contributed by atoms with Crippen LogP contribution in [0.1, 0.15) is 49.7 Å². The molecule has 8 heteroatoms. The van der Waals surface area contributed by atoms with Crippen LogP contribution in [0.4, 0.5) is 4.79 Å². The average molecular weight is 481 g/mol. The number of nitrogens with one attached hydrogen (secondary N) is 2. The molecule has 0 heterocycles. The molecule has 4 rings (SSSR count). The fourth-order valence-corrected chi connectivity index (χ4v) is 4.99. The first-order chi connectivity index (χ1) is 16.9. The second-order valence-electron chi connectivity index (χ2n) is 9.42. The number of hydrogen-bond acceptors (Lipinski definition) is 5. The smallest absolute Gasteiger partial charge is 0.407 e. The maximum atomic E-state index is 12.2. The van der Waals surface area contributed by atoms with Gasteiger partial charge in [0.1, 0.15) is 18.8 Å². The highest BCUT2D eigenvalue weighted by molar-refractivity contribution is 5.87. The van der Waals surface area contributed by atoms with Crippen LogP contribution in [0.3, 0.4) is 0 Å². The Morgan fingerprint density at radius 2 is 1.60 bits per heavy atom. The number of carbonyl (C=O) groups excluding carboxylic acids is 2. The molecule has 2 aromatic rings. The van der Waals surface area contributed by atoms with Crippen LogP contribution in [0, 0.1) is 5.92 Å². The van der Waals surface area contributed by atoms with Gasteiger partial charge >= 0.3 is 12.1 Å². The molecule has 8 nitrogen and oxygen atoms in total. The first-order valence-corrected chi connectivity index (χ1v) is 12.1. The van der Waals surface area contributed by atoms with Crippen molar-refractivity contribution in [2.75, 3.05) is 26.4 Å². The van der Waals surface area contributed by atoms with Gasteiger partial charge in [0.2, 0.25) is 5.91 Å². The number of alkyl carbamates (subject to hydrolysis) is 1. The summed E-state index contributed by atoms with van der Waals surface area (Å²) in [6.07, 6.45) is 1.80. The zero-order chi connectivity index (χ0) is 24.8. The average Bonchev–Trinajstić information content (AvgIpc) is 3.17. The Morgan fingerprint density at radius 3 is 2.20 bits per heavy atom. The van der Waals surface area contributed by atoms with Gasteiger partial charge in [0.15, 0.2) is 0 Å². The highest BCUT2D eigenvalue weighted by Crippen LogP contribution is 2.44. The van der Waals surface area contributed by atoms with E-state index >= 15 is 0 Å². The lowest BCUT2D eigenvalue weighted by atomic mass is 9.77. The fraction of sp³-hybridized carbons (Fsp3) is 0.444. The van der Waals surface area contributed by atoms with Crippen LogP contribution in [0.2, 0.25) is 0 Å². The van der Waals surface area contributed by atoms with E-state index in [2.05, 4.69) is 41.8 Å². The maximum absolute atomic E-state index is 12.2. The number of aliphatic carboxylic acids is 1. The van der Waals surface area contributed by atoms with E-state index in [1.165, 1.54) is 0 Å². The van der Waals surface area contributed by atoms with Gasteiger partial charge < -0.3 is 25.2 Å². The summed E-state index contributed by atoms with van der Waals surface area (Å²) in [5, 5.41) is 14.9. The van der Waals surface area contributed by atoms with Crippen molar-refractivity contribution in [2.45, 2.75) is 44.1 Å². The molecule has 2 aliphatic carbocycles. The molecule has 186 valence electrons. The standard InChI is InChI=1S/C27H32N2O6/c1-18-10-12-27(13-11-18,25(31)32)29-24(30)17-34-15-14-28-26(33)35-16-23-21-8-4-2-6-19(21)20-7-3-5-9-22(20)23/h2-9,18,23H,10-17H2,1H3,(H,28,33)(H,29,30)(H,31,32). The third-order valence-corrected chi connectivity index (χ3v) is 7.01. The molecule has 1 fully saturated rings. The van der Waals surface area contributed by atoms with E-state index in [1.807, 2.05) is 24.3 Å². The van der Waals surface area contributed by atoms with Gasteiger partial charge in [-0.25, -0.2) is 9.59 Å². The lowest BCUT2D eigenvalue weighted by Gasteiger charge is -2.36. The van der Waals surface area contributed by atoms with Crippen molar-refractivity contribution in [1.82, 2.24) is 10.6 Å². The van der Waals surface area contributed by atoms with E-state index < -0.39 is 23.5 Å². The molecule has 0 spiro atoms. The van der Waals surface area contributed by atoms with E-state index in [1.54, 1.807) is 0 Å². The van der Waals surface area contributed by atoms with Crippen molar-refractivity contribution in [2.24, 2.45) is 5.92 Å². The highest BCUT2D eigenvalue weighted by Gasteiger charge is 2.42. The zero-order valence-corrected chi connectivity index (χ0v) is 19.9. The molecular weight excluding hydrogens is 448 g/mol. The van der Waals surface area contributed by atoms with Crippen LogP contribution < -0.4 is 10.6 Å². The predicted molar refractivity (Wildman–Crippen MR) is 130 cm³/mol. The number of hydrogen-bond donors (Lipinski definition) is 3. The van der Waals surface area contributed by atoms with Crippen LogP contribution in [0.25, 0.3) is 11.1 Å². The number of ether oxygens (including phenoxy) is 2. The van der Waals surface area contributed by atoms with Crippen LogP contribution in [0.5, 0.6) is 0 Å². The van der Waals surface area contributed by atoms with Crippen LogP contribution in [-0.2, 0) is 19.1 Å². The van der Waals surface area contributed by atoms with Gasteiger partial charge in [0.05, 0.1) is 6.61 Å². The van der Waals surface area contributed by atoms with Crippen molar-refractivity contribution >= 4 is 18.0 Å². The Labute approximate surface area is 205 Å². The minimum absolute atomic E-state index is 0.0163. The summed E-state index contributed by atoms with van der Waals surface area (Å²) in [7, 11) is 0. The molecule has 0 atom stereocenters. The number of carboxylic acids is 1. The van der Waals surface area contributed by atoms with Gasteiger partial charge in [-0.1, -0.05) is 55.5 Å². The van der Waals surface area contributed by atoms with Gasteiger partial charge in [-0.3, -0.25) is 4.79 Å². The molecule has 0 bridgehead atoms. The van der Waals surface area contributed by atoms with E-state index in [0.717, 1.165) is 35.1 Å². The maximum Gasteiger partial charge on any atom is 0.407 e. The molecule has 2 aromatic carbocycles. The van der Waals surface area contributed by atoms with Gasteiger partial charge in [0, 0.05) is 12.5 Å². The first-order valence-electron chi connectivity index (χ1n) is 12.1. The number of rotatable bonds is 9. The van der Waals surface area contributed by atoms with Crippen molar-refractivity contribution in [3.8, 4) is 11.1 Å². The second-order valence-corrected chi connectivity index (χ2v) is 9.42. The van der Waals surface area contributed by atoms with E-state index in [4.69, 9.17) is 9.47 Å². The monoisotopic (exact) mass is 480 g/mol. The van der Waals surface area contributed by atoms with Crippen LogP contribution in [-0.4, -0.2) is 55.0 Å². The Balaban J connectivity index is 1.17. The molecule has 2 amide bonds. The molecular formula is C27H32N2O6. The molecule has 2 aliphatic rings. The summed E-state index contributed by atoms with van der Waals surface area (Å²) in [6.45, 7) is 2.32. The first kappa shape index (κ1) is 24.7. The van der Waals surface area contributed by atoms with Crippen molar-refractivity contribution in [3.05, 3.63) is 59.7 Å². The van der Waals surface area contributed by atoms with Gasteiger partial charge in [0.25, 0.3) is 0 Å². The molecule has 35 heavy (non-hydrogen) atoms.